The minimum atomic E-state index is -1.18. The zero-order valence-electron chi connectivity index (χ0n) is 18.8. The Kier molecular flexibility index (Phi) is 6.18. The van der Waals surface area contributed by atoms with Crippen LogP contribution in [0.5, 0.6) is 0 Å². The molecule has 7 atom stereocenters. The van der Waals surface area contributed by atoms with Crippen LogP contribution in [0.3, 0.4) is 0 Å². The second kappa shape index (κ2) is 9.27. The summed E-state index contributed by atoms with van der Waals surface area (Å²) in [6.07, 6.45) is -0.315. The molecule has 7 unspecified atom stereocenters. The van der Waals surface area contributed by atoms with Crippen LogP contribution in [-0.4, -0.2) is 55.7 Å². The Morgan fingerprint density at radius 2 is 1.59 bits per heavy atom. The molecule has 5 rings (SSSR count). The lowest BCUT2D eigenvalue weighted by atomic mass is 9.69. The average molecular weight is 464 g/mol. The number of hydrogen-bond acceptors (Lipinski definition) is 7. The maximum atomic E-state index is 11.9. The minimum absolute atomic E-state index is 0.123. The molecule has 3 aromatic rings. The summed E-state index contributed by atoms with van der Waals surface area (Å²) in [7, 11) is 0. The number of hydrogen-bond donors (Lipinski definition) is 5. The molecule has 0 spiro atoms. The van der Waals surface area contributed by atoms with Crippen molar-refractivity contribution in [2.45, 2.75) is 55.8 Å². The van der Waals surface area contributed by atoms with Gasteiger partial charge in [-0.1, -0.05) is 67.6 Å². The normalized spacial score (nSPS) is 31.2. The van der Waals surface area contributed by atoms with Gasteiger partial charge in [-0.2, -0.15) is 0 Å². The van der Waals surface area contributed by atoms with E-state index in [1.165, 1.54) is 0 Å². The molecule has 2 aromatic carbocycles. The van der Waals surface area contributed by atoms with E-state index in [1.807, 2.05) is 43.3 Å². The maximum Gasteiger partial charge on any atom is 0.217 e. The fourth-order valence-corrected chi connectivity index (χ4v) is 5.65. The minimum Gasteiger partial charge on any atom is -0.374 e. The van der Waals surface area contributed by atoms with Gasteiger partial charge in [-0.25, -0.2) is 4.98 Å². The SMILES string of the molecule is CC1C(c2cnc(C(c3ccccc3)c3ccccc3)[nH]2)C2NC(O)C(O)NC2CC1[N+](=O)[O-]. The van der Waals surface area contributed by atoms with Gasteiger partial charge >= 0.3 is 0 Å². The van der Waals surface area contributed by atoms with Crippen molar-refractivity contribution >= 4 is 0 Å². The quantitative estimate of drug-likeness (QED) is 0.288. The van der Waals surface area contributed by atoms with Gasteiger partial charge in [0, 0.05) is 47.2 Å². The zero-order valence-corrected chi connectivity index (χ0v) is 18.8. The number of aliphatic hydroxyl groups excluding tert-OH is 2. The lowest BCUT2D eigenvalue weighted by molar-refractivity contribution is -0.537. The Hall–Kier alpha value is -3.11. The number of nitrogens with one attached hydrogen (secondary N) is 3. The third-order valence-corrected chi connectivity index (χ3v) is 7.32. The summed E-state index contributed by atoms with van der Waals surface area (Å²) in [4.78, 5) is 19.8. The molecule has 1 aliphatic carbocycles. The molecular formula is C25H29N5O4. The summed E-state index contributed by atoms with van der Waals surface area (Å²) in [6.45, 7) is 1.87. The molecule has 9 heteroatoms. The number of aromatic nitrogens is 2. The number of rotatable bonds is 5. The van der Waals surface area contributed by atoms with Crippen molar-refractivity contribution in [3.8, 4) is 0 Å². The van der Waals surface area contributed by atoms with Gasteiger partial charge in [-0.3, -0.25) is 20.7 Å². The summed E-state index contributed by atoms with van der Waals surface area (Å²) in [5.41, 5.74) is 2.95. The maximum absolute atomic E-state index is 11.9. The number of nitro groups is 1. The summed E-state index contributed by atoms with van der Waals surface area (Å²) < 4.78 is 0. The molecule has 5 N–H and O–H groups in total. The van der Waals surface area contributed by atoms with Gasteiger partial charge in [0.25, 0.3) is 0 Å². The Bertz CT molecular complexity index is 1090. The molecule has 178 valence electrons. The van der Waals surface area contributed by atoms with Gasteiger partial charge in [-0.15, -0.1) is 0 Å². The van der Waals surface area contributed by atoms with Gasteiger partial charge < -0.3 is 15.2 Å². The van der Waals surface area contributed by atoms with E-state index in [0.717, 1.165) is 22.6 Å². The standard InChI is InChI=1S/C25H29N5O4/c1-14-19(30(33)34)12-17-22(29-25(32)24(31)28-17)20(14)18-13-26-23(27-18)21(15-8-4-2-5-9-15)16-10-6-3-7-11-16/h2-11,13-14,17,19-22,24-25,28-29,31-32H,12H2,1H3,(H,26,27). The van der Waals surface area contributed by atoms with E-state index in [0.29, 0.717) is 0 Å². The first-order valence-corrected chi connectivity index (χ1v) is 11.6. The first kappa shape index (κ1) is 22.7. The molecule has 2 fully saturated rings. The van der Waals surface area contributed by atoms with E-state index in [4.69, 9.17) is 4.98 Å². The summed E-state index contributed by atoms with van der Waals surface area (Å²) in [5, 5.41) is 38.2. The van der Waals surface area contributed by atoms with E-state index in [1.54, 1.807) is 6.20 Å². The van der Waals surface area contributed by atoms with E-state index in [2.05, 4.69) is 39.9 Å². The Labute approximate surface area is 197 Å². The first-order valence-electron chi connectivity index (χ1n) is 11.6. The molecule has 2 aliphatic rings. The lowest BCUT2D eigenvalue weighted by Crippen LogP contribution is -2.71. The van der Waals surface area contributed by atoms with Crippen molar-refractivity contribution < 1.29 is 15.1 Å². The van der Waals surface area contributed by atoms with Crippen LogP contribution in [0.25, 0.3) is 0 Å². The van der Waals surface area contributed by atoms with Crippen LogP contribution < -0.4 is 10.6 Å². The Balaban J connectivity index is 1.54. The highest BCUT2D eigenvalue weighted by Crippen LogP contribution is 2.41. The van der Waals surface area contributed by atoms with Crippen molar-refractivity contribution in [3.63, 3.8) is 0 Å². The van der Waals surface area contributed by atoms with Crippen LogP contribution >= 0.6 is 0 Å². The van der Waals surface area contributed by atoms with Gasteiger partial charge in [0.1, 0.15) is 18.3 Å². The number of fused-ring (bicyclic) bond motifs is 1. The second-order valence-electron chi connectivity index (χ2n) is 9.31. The van der Waals surface area contributed by atoms with Crippen molar-refractivity contribution in [2.75, 3.05) is 0 Å². The number of aliphatic hydroxyl groups is 2. The number of aromatic amines is 1. The first-order chi connectivity index (χ1) is 16.4. The molecule has 1 saturated heterocycles. The van der Waals surface area contributed by atoms with E-state index < -0.39 is 18.5 Å². The van der Waals surface area contributed by atoms with Crippen molar-refractivity contribution in [1.82, 2.24) is 20.6 Å². The third kappa shape index (κ3) is 4.12. The second-order valence-corrected chi connectivity index (χ2v) is 9.31. The average Bonchev–Trinajstić information content (AvgIpc) is 3.30. The fraction of sp³-hybridized carbons (Fsp3) is 0.400. The van der Waals surface area contributed by atoms with Crippen LogP contribution in [0.1, 0.15) is 47.8 Å². The molecular weight excluding hydrogens is 434 g/mol. The summed E-state index contributed by atoms with van der Waals surface area (Å²) in [5.74, 6) is 0.0103. The monoisotopic (exact) mass is 463 g/mol. The molecule has 1 aliphatic heterocycles. The largest absolute Gasteiger partial charge is 0.374 e. The van der Waals surface area contributed by atoms with Crippen molar-refractivity contribution in [3.05, 3.63) is 99.6 Å². The highest BCUT2D eigenvalue weighted by Gasteiger charge is 2.52. The van der Waals surface area contributed by atoms with Gasteiger partial charge in [0.2, 0.25) is 6.04 Å². The van der Waals surface area contributed by atoms with Crippen LogP contribution in [0.2, 0.25) is 0 Å². The van der Waals surface area contributed by atoms with Gasteiger partial charge in [0.05, 0.1) is 5.92 Å². The van der Waals surface area contributed by atoms with E-state index in [-0.39, 0.29) is 41.2 Å². The van der Waals surface area contributed by atoms with E-state index >= 15 is 0 Å². The zero-order chi connectivity index (χ0) is 23.8. The molecule has 1 saturated carbocycles. The fourth-order valence-electron chi connectivity index (χ4n) is 5.65. The predicted molar refractivity (Wildman–Crippen MR) is 126 cm³/mol. The number of imidazole rings is 1. The van der Waals surface area contributed by atoms with Crippen LogP contribution in [0.15, 0.2) is 66.9 Å². The summed E-state index contributed by atoms with van der Waals surface area (Å²) in [6, 6.07) is 18.7. The Morgan fingerprint density at radius 1 is 1.00 bits per heavy atom. The molecule has 0 bridgehead atoms. The third-order valence-electron chi connectivity index (χ3n) is 7.32. The van der Waals surface area contributed by atoms with E-state index in [9.17, 15) is 20.3 Å². The number of benzene rings is 2. The number of nitrogens with zero attached hydrogens (tertiary/aromatic N) is 2. The molecule has 0 radical (unpaired) electrons. The van der Waals surface area contributed by atoms with Gasteiger partial charge in [0.15, 0.2) is 0 Å². The van der Waals surface area contributed by atoms with Crippen molar-refractivity contribution in [2.24, 2.45) is 5.92 Å². The van der Waals surface area contributed by atoms with Crippen LogP contribution in [0, 0.1) is 16.0 Å². The van der Waals surface area contributed by atoms with Crippen LogP contribution in [0.4, 0.5) is 0 Å². The molecule has 1 aromatic heterocycles. The molecule has 2 heterocycles. The number of piperazine rings is 1. The Morgan fingerprint density at radius 3 is 2.18 bits per heavy atom. The molecule has 34 heavy (non-hydrogen) atoms. The molecule has 9 nitrogen and oxygen atoms in total. The topological polar surface area (TPSA) is 136 Å². The van der Waals surface area contributed by atoms with Crippen molar-refractivity contribution in [1.29, 1.82) is 0 Å². The van der Waals surface area contributed by atoms with Crippen LogP contribution in [-0.2, 0) is 0 Å². The highest BCUT2D eigenvalue weighted by atomic mass is 16.6. The predicted octanol–water partition coefficient (Wildman–Crippen LogP) is 1.93. The number of H-pyrrole nitrogens is 1. The van der Waals surface area contributed by atoms with Gasteiger partial charge in [-0.05, 0) is 11.1 Å². The lowest BCUT2D eigenvalue weighted by Gasteiger charge is -2.48. The smallest absolute Gasteiger partial charge is 0.217 e. The molecule has 0 amide bonds. The highest BCUT2D eigenvalue weighted by molar-refractivity contribution is 5.39. The summed E-state index contributed by atoms with van der Waals surface area (Å²) >= 11 is 0.